The van der Waals surface area contributed by atoms with Gasteiger partial charge in [-0.3, -0.25) is 4.99 Å². The van der Waals surface area contributed by atoms with Gasteiger partial charge in [-0.05, 0) is 47.9 Å². The minimum atomic E-state index is -1.25. The van der Waals surface area contributed by atoms with Crippen LogP contribution in [0.1, 0.15) is 5.69 Å². The number of imidazole rings is 1. The molecule has 158 valence electrons. The van der Waals surface area contributed by atoms with E-state index < -0.39 is 11.5 Å². The van der Waals surface area contributed by atoms with E-state index in [4.69, 9.17) is 5.73 Å². The van der Waals surface area contributed by atoms with Crippen molar-refractivity contribution in [1.82, 2.24) is 15.0 Å². The number of halogens is 1. The zero-order valence-electron chi connectivity index (χ0n) is 16.2. The van der Waals surface area contributed by atoms with Crippen LogP contribution in [0.2, 0.25) is 0 Å². The number of aliphatic imine (C=N–C) groups is 1. The van der Waals surface area contributed by atoms with Gasteiger partial charge in [-0.2, -0.15) is 0 Å². The lowest BCUT2D eigenvalue weighted by Crippen LogP contribution is -2.39. The number of anilines is 1. The van der Waals surface area contributed by atoms with Crippen molar-refractivity contribution in [3.8, 4) is 0 Å². The molecule has 1 atom stereocenters. The van der Waals surface area contributed by atoms with Crippen LogP contribution in [0.3, 0.4) is 0 Å². The standard InChI is InChI=1S/C21H18FN5O2S2/c22-12-2-1-11-5-14(24-16(11)6-12)8-21(19(28)29)10-31-18(27-21)9-30-20-25-15-4-3-13(23)7-17(15)26-20/h1-7,24H,8-10,23H2,(H,25,26)(H,28,29). The van der Waals surface area contributed by atoms with Gasteiger partial charge in [0.15, 0.2) is 10.7 Å². The summed E-state index contributed by atoms with van der Waals surface area (Å²) in [5.41, 5.74) is 8.27. The Morgan fingerprint density at radius 3 is 2.94 bits per heavy atom. The summed E-state index contributed by atoms with van der Waals surface area (Å²) in [5, 5.41) is 12.3. The van der Waals surface area contributed by atoms with Crippen molar-refractivity contribution in [1.29, 1.82) is 0 Å². The molecule has 31 heavy (non-hydrogen) atoms. The van der Waals surface area contributed by atoms with Gasteiger partial charge in [0.05, 0.1) is 16.1 Å². The SMILES string of the molecule is Nc1ccc2nc(SCC3=NC(Cc4cc5ccc(F)cc5[nH]4)(C(=O)O)CS3)[nH]c2c1. The first-order chi connectivity index (χ1) is 14.9. The summed E-state index contributed by atoms with van der Waals surface area (Å²) in [6.07, 6.45) is 0.212. The van der Waals surface area contributed by atoms with Crippen LogP contribution >= 0.6 is 23.5 Å². The van der Waals surface area contributed by atoms with E-state index in [-0.39, 0.29) is 12.2 Å². The van der Waals surface area contributed by atoms with Crippen molar-refractivity contribution in [2.75, 3.05) is 17.2 Å². The van der Waals surface area contributed by atoms with Crippen LogP contribution in [0.5, 0.6) is 0 Å². The largest absolute Gasteiger partial charge is 0.479 e. The Kier molecular flexibility index (Phi) is 4.90. The third-order valence-electron chi connectivity index (χ3n) is 5.15. The number of nitrogens with zero attached hydrogens (tertiary/aromatic N) is 2. The highest BCUT2D eigenvalue weighted by Gasteiger charge is 2.43. The lowest BCUT2D eigenvalue weighted by Gasteiger charge is -2.19. The van der Waals surface area contributed by atoms with Gasteiger partial charge in [0.1, 0.15) is 5.82 Å². The Morgan fingerprint density at radius 1 is 1.23 bits per heavy atom. The van der Waals surface area contributed by atoms with Crippen LogP contribution in [0.4, 0.5) is 10.1 Å². The van der Waals surface area contributed by atoms with Crippen LogP contribution in [0.25, 0.3) is 21.9 Å². The number of thioether (sulfide) groups is 2. The molecule has 5 rings (SSSR count). The molecule has 0 spiro atoms. The number of hydrogen-bond acceptors (Lipinski definition) is 6. The van der Waals surface area contributed by atoms with Crippen molar-refractivity contribution in [3.63, 3.8) is 0 Å². The summed E-state index contributed by atoms with van der Waals surface area (Å²) in [6, 6.07) is 11.8. The van der Waals surface area contributed by atoms with Gasteiger partial charge in [0, 0.05) is 34.8 Å². The molecule has 0 saturated carbocycles. The van der Waals surface area contributed by atoms with Crippen LogP contribution in [-0.4, -0.2) is 48.1 Å². The highest BCUT2D eigenvalue weighted by Crippen LogP contribution is 2.34. The number of aromatic amines is 2. The van der Waals surface area contributed by atoms with E-state index in [0.717, 1.165) is 32.3 Å². The van der Waals surface area contributed by atoms with Gasteiger partial charge < -0.3 is 20.8 Å². The number of hydrogen-bond donors (Lipinski definition) is 4. The molecular weight excluding hydrogens is 437 g/mol. The van der Waals surface area contributed by atoms with E-state index in [9.17, 15) is 14.3 Å². The molecule has 0 fully saturated rings. The number of carbonyl (C=O) groups is 1. The predicted molar refractivity (Wildman–Crippen MR) is 123 cm³/mol. The van der Waals surface area contributed by atoms with Crippen molar-refractivity contribution in [2.24, 2.45) is 4.99 Å². The van der Waals surface area contributed by atoms with E-state index >= 15 is 0 Å². The Morgan fingerprint density at radius 2 is 2.10 bits per heavy atom. The lowest BCUT2D eigenvalue weighted by molar-refractivity contribution is -0.142. The molecule has 1 unspecified atom stereocenters. The van der Waals surface area contributed by atoms with Gasteiger partial charge in [-0.1, -0.05) is 11.8 Å². The molecular formula is C21H18FN5O2S2. The van der Waals surface area contributed by atoms with Gasteiger partial charge in [-0.15, -0.1) is 11.8 Å². The first kappa shape index (κ1) is 20.0. The Bertz CT molecular complexity index is 1350. The molecule has 7 nitrogen and oxygen atoms in total. The molecule has 2 aromatic carbocycles. The zero-order valence-corrected chi connectivity index (χ0v) is 17.8. The number of aliphatic carboxylic acids is 1. The first-order valence-electron chi connectivity index (χ1n) is 9.50. The summed E-state index contributed by atoms with van der Waals surface area (Å²) in [6.45, 7) is 0. The smallest absolute Gasteiger partial charge is 0.332 e. The fraction of sp³-hybridized carbons (Fsp3) is 0.190. The number of nitrogen functional groups attached to an aromatic ring is 1. The van der Waals surface area contributed by atoms with E-state index in [1.54, 1.807) is 12.1 Å². The Hall–Kier alpha value is -2.98. The molecule has 4 aromatic rings. The summed E-state index contributed by atoms with van der Waals surface area (Å²) in [7, 11) is 0. The number of benzene rings is 2. The minimum Gasteiger partial charge on any atom is -0.479 e. The molecule has 0 radical (unpaired) electrons. The van der Waals surface area contributed by atoms with Crippen molar-refractivity contribution >= 4 is 62.2 Å². The van der Waals surface area contributed by atoms with Crippen LogP contribution in [0.15, 0.2) is 52.6 Å². The number of nitrogens with one attached hydrogen (secondary N) is 2. The molecule has 0 aliphatic carbocycles. The third kappa shape index (κ3) is 3.88. The van der Waals surface area contributed by atoms with E-state index in [1.807, 2.05) is 18.2 Å². The van der Waals surface area contributed by atoms with Gasteiger partial charge in [-0.25, -0.2) is 14.2 Å². The molecule has 0 amide bonds. The summed E-state index contributed by atoms with van der Waals surface area (Å²) < 4.78 is 13.5. The van der Waals surface area contributed by atoms with E-state index in [0.29, 0.717) is 22.7 Å². The number of carboxylic acids is 1. The maximum Gasteiger partial charge on any atom is 0.332 e. The monoisotopic (exact) mass is 455 g/mol. The number of aromatic nitrogens is 3. The first-order valence-corrected chi connectivity index (χ1v) is 11.5. The number of fused-ring (bicyclic) bond motifs is 2. The van der Waals surface area contributed by atoms with Crippen LogP contribution in [-0.2, 0) is 11.2 Å². The third-order valence-corrected chi connectivity index (χ3v) is 7.41. The lowest BCUT2D eigenvalue weighted by atomic mass is 9.96. The summed E-state index contributed by atoms with van der Waals surface area (Å²) in [4.78, 5) is 27.6. The average molecular weight is 456 g/mol. The van der Waals surface area contributed by atoms with Gasteiger partial charge in [0.2, 0.25) is 0 Å². The Balaban J connectivity index is 1.34. The summed E-state index contributed by atoms with van der Waals surface area (Å²) in [5.74, 6) is -0.439. The highest BCUT2D eigenvalue weighted by molar-refractivity contribution is 8.16. The zero-order chi connectivity index (χ0) is 21.6. The average Bonchev–Trinajstić information content (AvgIpc) is 3.42. The number of H-pyrrole nitrogens is 2. The normalized spacial score (nSPS) is 18.7. The Labute approximate surface area is 184 Å². The molecule has 3 heterocycles. The molecule has 10 heteroatoms. The second kappa shape index (κ2) is 7.61. The van der Waals surface area contributed by atoms with Crippen molar-refractivity contribution in [2.45, 2.75) is 17.1 Å². The number of nitrogens with two attached hydrogens (primary N) is 1. The maximum atomic E-state index is 13.5. The molecule has 1 aliphatic rings. The van der Waals surface area contributed by atoms with Gasteiger partial charge in [0.25, 0.3) is 0 Å². The van der Waals surface area contributed by atoms with Crippen LogP contribution < -0.4 is 5.73 Å². The maximum absolute atomic E-state index is 13.5. The van der Waals surface area contributed by atoms with Crippen LogP contribution in [0, 0.1) is 5.82 Å². The van der Waals surface area contributed by atoms with Gasteiger partial charge >= 0.3 is 5.97 Å². The highest BCUT2D eigenvalue weighted by atomic mass is 32.2. The summed E-state index contributed by atoms with van der Waals surface area (Å²) >= 11 is 2.92. The quantitative estimate of drug-likeness (QED) is 0.257. The molecule has 1 aliphatic heterocycles. The number of carboxylic acid groups (broad SMARTS) is 1. The molecule has 2 aromatic heterocycles. The van der Waals surface area contributed by atoms with Crippen molar-refractivity contribution in [3.05, 3.63) is 54.0 Å². The fourth-order valence-electron chi connectivity index (χ4n) is 3.63. The number of rotatable bonds is 6. The molecule has 0 saturated heterocycles. The topological polar surface area (TPSA) is 120 Å². The van der Waals surface area contributed by atoms with E-state index in [2.05, 4.69) is 19.9 Å². The van der Waals surface area contributed by atoms with E-state index in [1.165, 1.54) is 35.7 Å². The molecule has 0 bridgehead atoms. The minimum absolute atomic E-state index is 0.212. The fourth-order valence-corrected chi connectivity index (χ4v) is 5.74. The predicted octanol–water partition coefficient (Wildman–Crippen LogP) is 4.07. The second-order valence-corrected chi connectivity index (χ2v) is 9.45. The van der Waals surface area contributed by atoms with Crippen molar-refractivity contribution < 1.29 is 14.3 Å². The second-order valence-electron chi connectivity index (χ2n) is 7.44. The molecule has 5 N–H and O–H groups in total.